The van der Waals surface area contributed by atoms with E-state index in [1.165, 1.54) is 0 Å². The van der Waals surface area contributed by atoms with Crippen molar-refractivity contribution in [3.05, 3.63) is 71.8 Å². The van der Waals surface area contributed by atoms with Gasteiger partial charge in [-0.1, -0.05) is 42.0 Å². The molecule has 1 aliphatic carbocycles. The molecule has 2 aromatic rings. The van der Waals surface area contributed by atoms with Crippen molar-refractivity contribution in [3.8, 4) is 11.5 Å². The van der Waals surface area contributed by atoms with Gasteiger partial charge in [0.2, 0.25) is 0 Å². The average Bonchev–Trinajstić information content (AvgIpc) is 3.34. The summed E-state index contributed by atoms with van der Waals surface area (Å²) in [4.78, 5) is 12.3. The molecule has 0 N–H and O–H groups in total. The lowest BCUT2D eigenvalue weighted by Crippen LogP contribution is -2.17. The highest BCUT2D eigenvalue weighted by molar-refractivity contribution is 5.82. The molecule has 0 unspecified atom stereocenters. The number of allylic oxidation sites excluding steroid dienone is 1. The van der Waals surface area contributed by atoms with Crippen LogP contribution < -0.4 is 4.74 Å². The second-order valence-electron chi connectivity index (χ2n) is 6.52. The fraction of sp³-hybridized carbons (Fsp3) is 0.286. The Morgan fingerprint density at radius 2 is 1.75 bits per heavy atom. The zero-order valence-electron chi connectivity index (χ0n) is 14.1. The Balaban J connectivity index is 1.61. The first-order valence-corrected chi connectivity index (χ1v) is 8.23. The third-order valence-corrected chi connectivity index (χ3v) is 4.01. The van der Waals surface area contributed by atoms with Gasteiger partial charge in [-0.05, 0) is 56.5 Å². The van der Waals surface area contributed by atoms with Crippen LogP contribution in [0.1, 0.15) is 32.3 Å². The minimum atomic E-state index is -0.378. The molecule has 124 valence electrons. The molecule has 0 heterocycles. The molecule has 0 aromatic heterocycles. The van der Waals surface area contributed by atoms with Crippen LogP contribution in [-0.4, -0.2) is 5.97 Å². The normalized spacial score (nSPS) is 14.6. The van der Waals surface area contributed by atoms with Crippen LogP contribution in [0.15, 0.2) is 66.2 Å². The van der Waals surface area contributed by atoms with E-state index in [2.05, 4.69) is 0 Å². The van der Waals surface area contributed by atoms with Crippen molar-refractivity contribution in [1.82, 2.24) is 0 Å². The van der Waals surface area contributed by atoms with Gasteiger partial charge in [-0.15, -0.1) is 0 Å². The number of carbonyl (C=O) groups is 1. The van der Waals surface area contributed by atoms with E-state index in [4.69, 9.17) is 9.47 Å². The number of esters is 1. The van der Waals surface area contributed by atoms with Crippen molar-refractivity contribution in [1.29, 1.82) is 0 Å². The highest BCUT2D eigenvalue weighted by atomic mass is 16.5. The van der Waals surface area contributed by atoms with E-state index < -0.39 is 0 Å². The first-order valence-electron chi connectivity index (χ1n) is 8.23. The molecule has 24 heavy (non-hydrogen) atoms. The Labute approximate surface area is 142 Å². The van der Waals surface area contributed by atoms with Gasteiger partial charge in [-0.25, -0.2) is 0 Å². The lowest BCUT2D eigenvalue weighted by Gasteiger charge is -2.12. The SMILES string of the molecule is CC(C)=CC1(C(=O)OCc2cccc(Oc3ccccc3)c2)CC1. The van der Waals surface area contributed by atoms with E-state index in [9.17, 15) is 4.79 Å². The van der Waals surface area contributed by atoms with E-state index in [-0.39, 0.29) is 18.0 Å². The van der Waals surface area contributed by atoms with E-state index in [0.29, 0.717) is 0 Å². The molecule has 3 heteroatoms. The van der Waals surface area contributed by atoms with Crippen molar-refractivity contribution in [2.24, 2.45) is 5.41 Å². The summed E-state index contributed by atoms with van der Waals surface area (Å²) in [5, 5.41) is 0. The predicted molar refractivity (Wildman–Crippen MR) is 93.9 cm³/mol. The van der Waals surface area contributed by atoms with Gasteiger partial charge in [0.1, 0.15) is 18.1 Å². The molecule has 2 aromatic carbocycles. The number of hydrogen-bond donors (Lipinski definition) is 0. The molecule has 0 saturated heterocycles. The Morgan fingerprint density at radius 3 is 2.42 bits per heavy atom. The summed E-state index contributed by atoms with van der Waals surface area (Å²) in [7, 11) is 0. The second kappa shape index (κ2) is 6.91. The zero-order chi connectivity index (χ0) is 17.0. The average molecular weight is 322 g/mol. The third kappa shape index (κ3) is 4.05. The standard InChI is InChI=1S/C21H22O3/c1-16(2)14-21(11-12-21)20(22)23-15-17-7-6-10-19(13-17)24-18-8-4-3-5-9-18/h3-10,13-14H,11-12,15H2,1-2H3. The fourth-order valence-corrected chi connectivity index (χ4v) is 2.71. The third-order valence-electron chi connectivity index (χ3n) is 4.01. The maximum atomic E-state index is 12.3. The van der Waals surface area contributed by atoms with Crippen LogP contribution >= 0.6 is 0 Å². The lowest BCUT2D eigenvalue weighted by atomic mass is 10.0. The summed E-state index contributed by atoms with van der Waals surface area (Å²) < 4.78 is 11.3. The van der Waals surface area contributed by atoms with E-state index in [0.717, 1.165) is 35.5 Å². The molecular weight excluding hydrogens is 300 g/mol. The van der Waals surface area contributed by atoms with Crippen LogP contribution in [0, 0.1) is 5.41 Å². The number of benzene rings is 2. The Bertz CT molecular complexity index is 739. The zero-order valence-corrected chi connectivity index (χ0v) is 14.1. The Kier molecular flexibility index (Phi) is 4.70. The van der Waals surface area contributed by atoms with Crippen LogP contribution in [-0.2, 0) is 16.1 Å². The van der Waals surface area contributed by atoms with Gasteiger partial charge < -0.3 is 9.47 Å². The van der Waals surface area contributed by atoms with Crippen molar-refractivity contribution in [2.45, 2.75) is 33.3 Å². The Hall–Kier alpha value is -2.55. The minimum absolute atomic E-state index is 0.127. The van der Waals surface area contributed by atoms with E-state index in [1.807, 2.05) is 74.5 Å². The smallest absolute Gasteiger partial charge is 0.316 e. The molecular formula is C21H22O3. The summed E-state index contributed by atoms with van der Waals surface area (Å²) in [6.07, 6.45) is 3.80. The highest BCUT2D eigenvalue weighted by Crippen LogP contribution is 2.49. The van der Waals surface area contributed by atoms with Crippen LogP contribution in [0.2, 0.25) is 0 Å². The molecule has 0 bridgehead atoms. The number of ether oxygens (including phenoxy) is 2. The summed E-state index contributed by atoms with van der Waals surface area (Å²) >= 11 is 0. The molecule has 0 radical (unpaired) electrons. The summed E-state index contributed by atoms with van der Waals surface area (Å²) in [6.45, 7) is 4.29. The minimum Gasteiger partial charge on any atom is -0.460 e. The van der Waals surface area contributed by atoms with Gasteiger partial charge in [0, 0.05) is 0 Å². The summed E-state index contributed by atoms with van der Waals surface area (Å²) in [5.74, 6) is 1.39. The maximum Gasteiger partial charge on any atom is 0.316 e. The summed E-state index contributed by atoms with van der Waals surface area (Å²) in [6, 6.07) is 17.3. The van der Waals surface area contributed by atoms with Gasteiger partial charge >= 0.3 is 5.97 Å². The van der Waals surface area contributed by atoms with Crippen molar-refractivity contribution in [2.75, 3.05) is 0 Å². The van der Waals surface area contributed by atoms with Crippen molar-refractivity contribution >= 4 is 5.97 Å². The number of hydrogen-bond acceptors (Lipinski definition) is 3. The van der Waals surface area contributed by atoms with Gasteiger partial charge in [0.25, 0.3) is 0 Å². The molecule has 1 aliphatic rings. The molecule has 3 rings (SSSR count). The number of carbonyl (C=O) groups excluding carboxylic acids is 1. The van der Waals surface area contributed by atoms with Crippen LogP contribution in [0.25, 0.3) is 0 Å². The first-order chi connectivity index (χ1) is 11.6. The topological polar surface area (TPSA) is 35.5 Å². The van der Waals surface area contributed by atoms with Crippen LogP contribution in [0.4, 0.5) is 0 Å². The fourth-order valence-electron chi connectivity index (χ4n) is 2.71. The number of rotatable bonds is 6. The van der Waals surface area contributed by atoms with E-state index >= 15 is 0 Å². The first kappa shape index (κ1) is 16.3. The van der Waals surface area contributed by atoms with Crippen molar-refractivity contribution < 1.29 is 14.3 Å². The van der Waals surface area contributed by atoms with Crippen LogP contribution in [0.5, 0.6) is 11.5 Å². The number of para-hydroxylation sites is 1. The van der Waals surface area contributed by atoms with Gasteiger partial charge in [0.15, 0.2) is 0 Å². The molecule has 1 saturated carbocycles. The monoisotopic (exact) mass is 322 g/mol. The maximum absolute atomic E-state index is 12.3. The highest BCUT2D eigenvalue weighted by Gasteiger charge is 2.49. The van der Waals surface area contributed by atoms with E-state index in [1.54, 1.807) is 0 Å². The Morgan fingerprint density at radius 1 is 1.04 bits per heavy atom. The largest absolute Gasteiger partial charge is 0.460 e. The van der Waals surface area contributed by atoms with Gasteiger partial charge in [0.05, 0.1) is 5.41 Å². The predicted octanol–water partition coefficient (Wildman–Crippen LogP) is 5.27. The lowest BCUT2D eigenvalue weighted by molar-refractivity contribution is -0.149. The molecule has 0 atom stereocenters. The molecule has 0 spiro atoms. The van der Waals surface area contributed by atoms with Crippen LogP contribution in [0.3, 0.4) is 0 Å². The summed E-state index contributed by atoms with van der Waals surface area (Å²) in [5.41, 5.74) is 1.70. The molecule has 3 nitrogen and oxygen atoms in total. The second-order valence-corrected chi connectivity index (χ2v) is 6.52. The molecule has 0 amide bonds. The van der Waals surface area contributed by atoms with Gasteiger partial charge in [-0.3, -0.25) is 4.79 Å². The molecule has 1 fully saturated rings. The quantitative estimate of drug-likeness (QED) is 0.537. The molecule has 0 aliphatic heterocycles. The van der Waals surface area contributed by atoms with Crippen molar-refractivity contribution in [3.63, 3.8) is 0 Å². The van der Waals surface area contributed by atoms with Gasteiger partial charge in [-0.2, -0.15) is 0 Å².